The largest absolute Gasteiger partial charge is 0.355 e. The molecule has 0 aromatic carbocycles. The number of halogens is 1. The summed E-state index contributed by atoms with van der Waals surface area (Å²) in [5.41, 5.74) is 0. The summed E-state index contributed by atoms with van der Waals surface area (Å²) in [4.78, 5) is 12.5. The average molecular weight is 487 g/mol. The van der Waals surface area contributed by atoms with Crippen molar-refractivity contribution in [3.8, 4) is 0 Å². The van der Waals surface area contributed by atoms with Crippen LogP contribution in [0.1, 0.15) is 71.1 Å². The van der Waals surface area contributed by atoms with Crippen LogP contribution in [-0.2, 0) is 14.8 Å². The number of hydrogen-bond acceptors (Lipinski definition) is 5. The molecule has 3 heterocycles. The second kappa shape index (κ2) is 11.3. The van der Waals surface area contributed by atoms with Gasteiger partial charge in [-0.2, -0.15) is 0 Å². The van der Waals surface area contributed by atoms with E-state index in [1.54, 1.807) is 4.31 Å². The molecule has 4 fully saturated rings. The van der Waals surface area contributed by atoms with Gasteiger partial charge in [-0.05, 0) is 82.2 Å². The molecule has 4 aliphatic rings. The zero-order chi connectivity index (χ0) is 23.4. The molecular weight excluding hydrogens is 443 g/mol. The molecule has 3 aliphatic heterocycles. The predicted molar refractivity (Wildman–Crippen MR) is 128 cm³/mol. The van der Waals surface area contributed by atoms with Gasteiger partial charge < -0.3 is 16.0 Å². The first kappa shape index (κ1) is 25.3. The molecule has 4 rings (SSSR count). The van der Waals surface area contributed by atoms with Crippen LogP contribution in [0.3, 0.4) is 0 Å². The molecule has 1 amide bonds. The van der Waals surface area contributed by atoms with Gasteiger partial charge in [0.1, 0.15) is 6.17 Å². The van der Waals surface area contributed by atoms with E-state index in [-0.39, 0.29) is 17.9 Å². The number of alkyl halides is 1. The van der Waals surface area contributed by atoms with Gasteiger partial charge in [-0.1, -0.05) is 19.8 Å². The van der Waals surface area contributed by atoms with E-state index < -0.39 is 21.4 Å². The Morgan fingerprint density at radius 2 is 1.88 bits per heavy atom. The molecule has 6 unspecified atom stereocenters. The Bertz CT molecular complexity index is 745. The van der Waals surface area contributed by atoms with Crippen molar-refractivity contribution >= 4 is 15.9 Å². The van der Waals surface area contributed by atoms with Crippen LogP contribution in [0, 0.1) is 17.8 Å². The van der Waals surface area contributed by atoms with E-state index in [4.69, 9.17) is 0 Å². The van der Waals surface area contributed by atoms with Crippen molar-refractivity contribution in [3.05, 3.63) is 0 Å². The summed E-state index contributed by atoms with van der Waals surface area (Å²) in [7, 11) is -3.33. The summed E-state index contributed by atoms with van der Waals surface area (Å²) in [5, 5.41) is 9.61. The molecule has 190 valence electrons. The molecule has 1 saturated carbocycles. The molecular formula is C24H43FN4O3S. The summed E-state index contributed by atoms with van der Waals surface area (Å²) < 4.78 is 41.4. The van der Waals surface area contributed by atoms with Gasteiger partial charge in [-0.3, -0.25) is 4.79 Å². The fourth-order valence-electron chi connectivity index (χ4n) is 6.48. The van der Waals surface area contributed by atoms with E-state index in [1.807, 2.05) is 6.92 Å². The van der Waals surface area contributed by atoms with Crippen molar-refractivity contribution in [2.75, 3.05) is 32.7 Å². The smallest absolute Gasteiger partial charge is 0.237 e. The lowest BCUT2D eigenvalue weighted by Crippen LogP contribution is -2.47. The van der Waals surface area contributed by atoms with Gasteiger partial charge >= 0.3 is 0 Å². The standard InChI is InChI=1S/C24H43FN4O3S/c1-17-14-20(25)5-6-23(17)33(31,32)29-12-8-18(9-13-29)4-2-3-10-27-24(30)22-15-19-16-26-11-7-21(19)28-22/h17-23,26,28H,2-16H2,1H3,(H,27,30). The van der Waals surface area contributed by atoms with Crippen LogP contribution in [0.25, 0.3) is 0 Å². The molecule has 3 N–H and O–H groups in total. The van der Waals surface area contributed by atoms with Crippen molar-refractivity contribution < 1.29 is 17.6 Å². The highest BCUT2D eigenvalue weighted by molar-refractivity contribution is 7.89. The van der Waals surface area contributed by atoms with Crippen molar-refractivity contribution in [2.24, 2.45) is 17.8 Å². The van der Waals surface area contributed by atoms with Gasteiger partial charge in [0.05, 0.1) is 11.3 Å². The molecule has 0 aromatic heterocycles. The Hall–Kier alpha value is -0.770. The Balaban J connectivity index is 1.10. The maximum absolute atomic E-state index is 13.6. The van der Waals surface area contributed by atoms with E-state index in [0.29, 0.717) is 56.8 Å². The summed E-state index contributed by atoms with van der Waals surface area (Å²) in [6.07, 6.45) is 7.29. The van der Waals surface area contributed by atoms with Crippen molar-refractivity contribution in [2.45, 2.75) is 94.6 Å². The lowest BCUT2D eigenvalue weighted by molar-refractivity contribution is -0.122. The minimum absolute atomic E-state index is 0.0474. The highest BCUT2D eigenvalue weighted by atomic mass is 32.2. The zero-order valence-electron chi connectivity index (χ0n) is 20.1. The Morgan fingerprint density at radius 1 is 1.09 bits per heavy atom. The van der Waals surface area contributed by atoms with E-state index in [2.05, 4.69) is 16.0 Å². The first-order valence-electron chi connectivity index (χ1n) is 13.2. The predicted octanol–water partition coefficient (Wildman–Crippen LogP) is 2.18. The molecule has 9 heteroatoms. The number of amides is 1. The third-order valence-electron chi connectivity index (χ3n) is 8.56. The van der Waals surface area contributed by atoms with E-state index >= 15 is 0 Å². The number of carbonyl (C=O) groups is 1. The Labute approximate surface area is 199 Å². The maximum Gasteiger partial charge on any atom is 0.237 e. The van der Waals surface area contributed by atoms with Gasteiger partial charge in [0, 0.05) is 25.7 Å². The lowest BCUT2D eigenvalue weighted by atomic mass is 9.89. The van der Waals surface area contributed by atoms with E-state index in [9.17, 15) is 17.6 Å². The summed E-state index contributed by atoms with van der Waals surface area (Å²) in [6, 6.07) is 0.437. The van der Waals surface area contributed by atoms with Crippen LogP contribution >= 0.6 is 0 Å². The first-order chi connectivity index (χ1) is 15.8. The van der Waals surface area contributed by atoms with Gasteiger partial charge in [-0.25, -0.2) is 17.1 Å². The van der Waals surface area contributed by atoms with Crippen LogP contribution in [0.15, 0.2) is 0 Å². The monoisotopic (exact) mass is 486 g/mol. The summed E-state index contributed by atoms with van der Waals surface area (Å²) in [6.45, 7) is 5.83. The highest BCUT2D eigenvalue weighted by Gasteiger charge is 2.41. The lowest BCUT2D eigenvalue weighted by Gasteiger charge is -2.37. The second-order valence-electron chi connectivity index (χ2n) is 10.9. The van der Waals surface area contributed by atoms with Crippen LogP contribution in [0.4, 0.5) is 4.39 Å². The molecule has 0 spiro atoms. The van der Waals surface area contributed by atoms with Crippen LogP contribution < -0.4 is 16.0 Å². The third kappa shape index (κ3) is 6.27. The molecule has 0 bridgehead atoms. The number of nitrogens with zero attached hydrogens (tertiary/aromatic N) is 1. The van der Waals surface area contributed by atoms with Crippen LogP contribution in [-0.4, -0.2) is 74.9 Å². The minimum atomic E-state index is -3.33. The van der Waals surface area contributed by atoms with Crippen molar-refractivity contribution in [3.63, 3.8) is 0 Å². The zero-order valence-corrected chi connectivity index (χ0v) is 20.9. The second-order valence-corrected chi connectivity index (χ2v) is 13.1. The number of rotatable bonds is 8. The number of carbonyl (C=O) groups excluding carboxylic acids is 1. The van der Waals surface area contributed by atoms with E-state index in [0.717, 1.165) is 58.0 Å². The van der Waals surface area contributed by atoms with Gasteiger partial charge in [0.15, 0.2) is 0 Å². The highest BCUT2D eigenvalue weighted by Crippen LogP contribution is 2.34. The van der Waals surface area contributed by atoms with Gasteiger partial charge in [0.2, 0.25) is 15.9 Å². The normalized spacial score (nSPS) is 36.4. The van der Waals surface area contributed by atoms with Crippen LogP contribution in [0.2, 0.25) is 0 Å². The Morgan fingerprint density at radius 3 is 2.61 bits per heavy atom. The van der Waals surface area contributed by atoms with Crippen molar-refractivity contribution in [1.82, 2.24) is 20.3 Å². The molecule has 0 radical (unpaired) electrons. The molecule has 6 atom stereocenters. The van der Waals surface area contributed by atoms with Crippen molar-refractivity contribution in [1.29, 1.82) is 0 Å². The van der Waals surface area contributed by atoms with Gasteiger partial charge in [-0.15, -0.1) is 0 Å². The SMILES string of the molecule is CC1CC(F)CCC1S(=O)(=O)N1CCC(CCCCNC(=O)C2CC3CNCCC3N2)CC1. The molecule has 1 aliphatic carbocycles. The summed E-state index contributed by atoms with van der Waals surface area (Å²) >= 11 is 0. The number of piperidine rings is 2. The quantitative estimate of drug-likeness (QED) is 0.458. The Kier molecular flexibility index (Phi) is 8.68. The first-order valence-corrected chi connectivity index (χ1v) is 14.7. The average Bonchev–Trinajstić information content (AvgIpc) is 3.23. The summed E-state index contributed by atoms with van der Waals surface area (Å²) in [5.74, 6) is 1.16. The maximum atomic E-state index is 13.6. The number of sulfonamides is 1. The number of unbranched alkanes of at least 4 members (excludes halogenated alkanes) is 1. The molecule has 7 nitrogen and oxygen atoms in total. The fraction of sp³-hybridized carbons (Fsp3) is 0.958. The van der Waals surface area contributed by atoms with E-state index in [1.165, 1.54) is 0 Å². The van der Waals surface area contributed by atoms with Gasteiger partial charge in [0.25, 0.3) is 0 Å². The third-order valence-corrected chi connectivity index (χ3v) is 11.1. The molecule has 0 aromatic rings. The topological polar surface area (TPSA) is 90.5 Å². The number of hydrogen-bond donors (Lipinski definition) is 3. The molecule has 3 saturated heterocycles. The number of fused-ring (bicyclic) bond motifs is 1. The minimum Gasteiger partial charge on any atom is -0.355 e. The number of nitrogens with one attached hydrogen (secondary N) is 3. The van der Waals surface area contributed by atoms with Crippen LogP contribution in [0.5, 0.6) is 0 Å². The fourth-order valence-corrected chi connectivity index (χ4v) is 8.72. The molecule has 33 heavy (non-hydrogen) atoms.